The average Bonchev–Trinajstić information content (AvgIpc) is 3.62. The summed E-state index contributed by atoms with van der Waals surface area (Å²) in [5.41, 5.74) is 7.83. The summed E-state index contributed by atoms with van der Waals surface area (Å²) in [6, 6.07) is 35.6. The lowest BCUT2D eigenvalue weighted by Gasteiger charge is -2.12. The lowest BCUT2D eigenvalue weighted by molar-refractivity contribution is 0.858. The van der Waals surface area contributed by atoms with Crippen LogP contribution < -0.4 is 0 Å². The van der Waals surface area contributed by atoms with E-state index in [1.54, 1.807) is 11.8 Å². The number of hydrogen-bond acceptors (Lipinski definition) is 4. The van der Waals surface area contributed by atoms with Crippen molar-refractivity contribution in [3.05, 3.63) is 138 Å². The van der Waals surface area contributed by atoms with Crippen molar-refractivity contribution in [3.63, 3.8) is 0 Å². The number of hydrogen-bond donors (Lipinski definition) is 0. The van der Waals surface area contributed by atoms with E-state index in [1.807, 2.05) is 48.8 Å². The zero-order valence-corrected chi connectivity index (χ0v) is 28.5. The van der Waals surface area contributed by atoms with E-state index >= 15 is 0 Å². The van der Waals surface area contributed by atoms with E-state index < -0.39 is 0 Å². The second-order valence-electron chi connectivity index (χ2n) is 13.0. The van der Waals surface area contributed by atoms with Crippen molar-refractivity contribution in [2.45, 2.75) is 49.3 Å². The van der Waals surface area contributed by atoms with Crippen LogP contribution in [0.4, 0.5) is 5.69 Å². The highest BCUT2D eigenvalue weighted by Crippen LogP contribution is 2.40. The molecule has 8 aromatic rings. The quantitative estimate of drug-likeness (QED) is 0.168. The van der Waals surface area contributed by atoms with E-state index in [-0.39, 0.29) is 0 Å². The molecule has 4 aromatic carbocycles. The molecule has 4 aromatic heterocycles. The molecule has 7 heteroatoms. The second-order valence-corrected chi connectivity index (χ2v) is 14.1. The zero-order chi connectivity index (χ0) is 33.8. The van der Waals surface area contributed by atoms with Gasteiger partial charge in [-0.25, -0.2) is 14.8 Å². The minimum Gasteiger partial charge on any atom is -0.294 e. The molecule has 0 N–H and O–H groups in total. The summed E-state index contributed by atoms with van der Waals surface area (Å²) in [5, 5.41) is 13.9. The number of benzene rings is 4. The Bertz CT molecular complexity index is 2500. The van der Waals surface area contributed by atoms with Gasteiger partial charge in [-0.15, -0.1) is 0 Å². The average molecular weight is 653 g/mol. The molecule has 8 rings (SSSR count). The minimum absolute atomic E-state index is 0.368. The van der Waals surface area contributed by atoms with Crippen LogP contribution in [-0.4, -0.2) is 19.1 Å². The van der Waals surface area contributed by atoms with Crippen LogP contribution in [0.15, 0.2) is 119 Å². The number of pyridine rings is 2. The molecule has 0 bridgehead atoms. The van der Waals surface area contributed by atoms with Crippen molar-refractivity contribution < 1.29 is 0 Å². The summed E-state index contributed by atoms with van der Waals surface area (Å²) in [7, 11) is 0. The van der Waals surface area contributed by atoms with Gasteiger partial charge in [0.2, 0.25) is 0 Å². The number of aromatic nitrogens is 4. The first-order valence-electron chi connectivity index (χ1n) is 16.4. The molecule has 0 radical (unpaired) electrons. The molecule has 0 aliphatic carbocycles. The largest absolute Gasteiger partial charge is 0.294 e. The summed E-state index contributed by atoms with van der Waals surface area (Å²) in [6.07, 6.45) is 3.76. The standard InChI is InChI=1S/C42H32N6S/c1-25(2)28-14-16-45-41(19-28)47-37-12-6-27(24-43)18-35(37)33-10-8-31(22-39(33)47)49-32-9-11-34-36-21-30(44-5)7-13-38(36)48(40(34)23-32)42-20-29(26(3)4)15-17-46-42/h6-23,25-26H,1-4H3. The van der Waals surface area contributed by atoms with Crippen molar-refractivity contribution in [1.29, 1.82) is 5.26 Å². The summed E-state index contributed by atoms with van der Waals surface area (Å²) in [6.45, 7) is 16.4. The van der Waals surface area contributed by atoms with E-state index in [9.17, 15) is 5.26 Å². The molecule has 0 atom stereocenters. The number of fused-ring (bicyclic) bond motifs is 6. The Hall–Kier alpha value is -5.89. The maximum atomic E-state index is 9.69. The number of nitrogens with zero attached hydrogens (tertiary/aromatic N) is 6. The molecule has 236 valence electrons. The third-order valence-corrected chi connectivity index (χ3v) is 10.3. The lowest BCUT2D eigenvalue weighted by atomic mass is 10.1. The van der Waals surface area contributed by atoms with Crippen molar-refractivity contribution in [2.24, 2.45) is 0 Å². The van der Waals surface area contributed by atoms with Gasteiger partial charge in [0, 0.05) is 38.3 Å². The molecule has 0 aliphatic heterocycles. The van der Waals surface area contributed by atoms with Gasteiger partial charge in [-0.05, 0) is 107 Å². The number of rotatable bonds is 6. The molecule has 6 nitrogen and oxygen atoms in total. The molecule has 0 aliphatic rings. The van der Waals surface area contributed by atoms with Gasteiger partial charge < -0.3 is 0 Å². The predicted molar refractivity (Wildman–Crippen MR) is 200 cm³/mol. The Morgan fingerprint density at radius 1 is 0.612 bits per heavy atom. The Labute approximate surface area is 289 Å². The molecule has 0 saturated carbocycles. The van der Waals surface area contributed by atoms with Crippen LogP contribution in [-0.2, 0) is 0 Å². The van der Waals surface area contributed by atoms with Gasteiger partial charge in [0.05, 0.1) is 40.3 Å². The molecule has 0 spiro atoms. The molecule has 0 saturated heterocycles. The van der Waals surface area contributed by atoms with Crippen LogP contribution in [0.1, 0.15) is 56.2 Å². The monoisotopic (exact) mass is 652 g/mol. The van der Waals surface area contributed by atoms with Crippen molar-refractivity contribution in [2.75, 3.05) is 0 Å². The van der Waals surface area contributed by atoms with Gasteiger partial charge in [-0.3, -0.25) is 9.13 Å². The van der Waals surface area contributed by atoms with Crippen LogP contribution in [0.5, 0.6) is 0 Å². The van der Waals surface area contributed by atoms with Gasteiger partial charge in [0.25, 0.3) is 0 Å². The molecule has 0 unspecified atom stereocenters. The molecule has 0 fully saturated rings. The fraction of sp³-hybridized carbons (Fsp3) is 0.143. The fourth-order valence-corrected chi connectivity index (χ4v) is 7.60. The zero-order valence-electron chi connectivity index (χ0n) is 27.6. The lowest BCUT2D eigenvalue weighted by Crippen LogP contribution is -1.99. The Morgan fingerprint density at radius 3 is 1.65 bits per heavy atom. The highest BCUT2D eigenvalue weighted by Gasteiger charge is 2.18. The summed E-state index contributed by atoms with van der Waals surface area (Å²) in [4.78, 5) is 15.5. The van der Waals surface area contributed by atoms with E-state index in [0.717, 1.165) is 65.0 Å². The first-order valence-corrected chi connectivity index (χ1v) is 17.2. The summed E-state index contributed by atoms with van der Waals surface area (Å²) >= 11 is 1.71. The third kappa shape index (κ3) is 5.20. The van der Waals surface area contributed by atoms with Gasteiger partial charge in [-0.2, -0.15) is 5.26 Å². The molecule has 4 heterocycles. The normalized spacial score (nSPS) is 11.7. The van der Waals surface area contributed by atoms with E-state index in [1.165, 1.54) is 11.1 Å². The Morgan fingerprint density at radius 2 is 1.14 bits per heavy atom. The van der Waals surface area contributed by atoms with Gasteiger partial charge in [0.15, 0.2) is 5.69 Å². The summed E-state index contributed by atoms with van der Waals surface area (Å²) in [5.74, 6) is 2.46. The van der Waals surface area contributed by atoms with E-state index in [2.05, 4.69) is 108 Å². The highest BCUT2D eigenvalue weighted by molar-refractivity contribution is 7.99. The van der Waals surface area contributed by atoms with Crippen LogP contribution in [0.3, 0.4) is 0 Å². The molecule has 49 heavy (non-hydrogen) atoms. The smallest absolute Gasteiger partial charge is 0.188 e. The Balaban J connectivity index is 1.30. The topological polar surface area (TPSA) is 63.8 Å². The van der Waals surface area contributed by atoms with E-state index in [0.29, 0.717) is 23.1 Å². The molecular weight excluding hydrogens is 621 g/mol. The van der Waals surface area contributed by atoms with Crippen molar-refractivity contribution in [3.8, 4) is 17.7 Å². The maximum absolute atomic E-state index is 9.69. The minimum atomic E-state index is 0.368. The first kappa shape index (κ1) is 30.4. The Kier molecular flexibility index (Phi) is 7.44. The summed E-state index contributed by atoms with van der Waals surface area (Å²) < 4.78 is 4.43. The maximum Gasteiger partial charge on any atom is 0.188 e. The SMILES string of the molecule is [C-]#[N+]c1ccc2c(c1)c1ccc(Sc3ccc4c5cc(C#N)ccc5n(-c5cc(C(C)C)ccn5)c4c3)cc1n2-c1cc(C(C)C)ccn1. The van der Waals surface area contributed by atoms with Crippen molar-refractivity contribution in [1.82, 2.24) is 19.1 Å². The number of nitriles is 1. The van der Waals surface area contributed by atoms with Gasteiger partial charge in [-0.1, -0.05) is 57.7 Å². The first-order chi connectivity index (χ1) is 23.8. The predicted octanol–water partition coefficient (Wildman–Crippen LogP) is 11.5. The van der Waals surface area contributed by atoms with Crippen molar-refractivity contribution >= 4 is 61.1 Å². The van der Waals surface area contributed by atoms with E-state index in [4.69, 9.17) is 16.5 Å². The van der Waals surface area contributed by atoms with Crippen LogP contribution in [0, 0.1) is 17.9 Å². The second kappa shape index (κ2) is 12.0. The third-order valence-electron chi connectivity index (χ3n) is 9.28. The van der Waals surface area contributed by atoms with Gasteiger partial charge >= 0.3 is 0 Å². The van der Waals surface area contributed by atoms with Crippen LogP contribution in [0.2, 0.25) is 0 Å². The van der Waals surface area contributed by atoms with Crippen LogP contribution >= 0.6 is 11.8 Å². The molecular formula is C42H32N6S. The van der Waals surface area contributed by atoms with Gasteiger partial charge in [0.1, 0.15) is 11.6 Å². The highest BCUT2D eigenvalue weighted by atomic mass is 32.2. The van der Waals surface area contributed by atoms with Crippen LogP contribution in [0.25, 0.3) is 60.1 Å². The molecule has 0 amide bonds. The fourth-order valence-electron chi connectivity index (χ4n) is 6.72.